The van der Waals surface area contributed by atoms with Crippen LogP contribution in [0.25, 0.3) is 22.3 Å². The molecule has 3 aromatic heterocycles. The van der Waals surface area contributed by atoms with E-state index in [0.29, 0.717) is 27.3 Å². The first-order valence-electron chi connectivity index (χ1n) is 14.1. The van der Waals surface area contributed by atoms with Crippen molar-refractivity contribution in [3.8, 4) is 11.4 Å². The van der Waals surface area contributed by atoms with E-state index in [1.807, 2.05) is 0 Å². The van der Waals surface area contributed by atoms with Crippen LogP contribution in [0.15, 0.2) is 66.2 Å². The summed E-state index contributed by atoms with van der Waals surface area (Å²) in [6.45, 7) is -0.348. The van der Waals surface area contributed by atoms with Gasteiger partial charge >= 0.3 is 0 Å². The fourth-order valence-corrected chi connectivity index (χ4v) is 6.94. The number of sulfonamides is 1. The molecular weight excluding hydrogens is 620 g/mol. The molecule has 0 bridgehead atoms. The SMILES string of the molecule is CN(C)C(=O)CC1CN(S(=O)(=O)c2cc3cc(Cl)ccc3[nH]2)CC(CC(=O)N(C)C)N1C(=O)c1cnc(-c2ccncc2)nc1. The van der Waals surface area contributed by atoms with Crippen LogP contribution in [-0.4, -0.2) is 118 Å². The van der Waals surface area contributed by atoms with Crippen LogP contribution in [0.4, 0.5) is 0 Å². The largest absolute Gasteiger partial charge is 0.349 e. The van der Waals surface area contributed by atoms with Crippen molar-refractivity contribution in [2.24, 2.45) is 0 Å². The fourth-order valence-electron chi connectivity index (χ4n) is 5.23. The van der Waals surface area contributed by atoms with Crippen LogP contribution in [0, 0.1) is 0 Å². The van der Waals surface area contributed by atoms with Gasteiger partial charge in [0.15, 0.2) is 5.82 Å². The smallest absolute Gasteiger partial charge is 0.258 e. The van der Waals surface area contributed by atoms with E-state index in [1.54, 1.807) is 70.9 Å². The van der Waals surface area contributed by atoms with Crippen molar-refractivity contribution >= 4 is 50.2 Å². The summed E-state index contributed by atoms with van der Waals surface area (Å²) < 4.78 is 29.3. The fraction of sp³-hybridized carbons (Fsp3) is 0.333. The van der Waals surface area contributed by atoms with Gasteiger partial charge in [0.25, 0.3) is 15.9 Å². The lowest BCUT2D eigenvalue weighted by atomic mass is 10.00. The number of aromatic amines is 1. The van der Waals surface area contributed by atoms with Gasteiger partial charge in [0, 0.05) is 100 Å². The average molecular weight is 653 g/mol. The Labute approximate surface area is 265 Å². The Morgan fingerprint density at radius 3 is 2.04 bits per heavy atom. The molecule has 1 aliphatic rings. The Kier molecular flexibility index (Phi) is 9.18. The molecule has 1 N–H and O–H groups in total. The molecule has 1 fully saturated rings. The van der Waals surface area contributed by atoms with Crippen molar-refractivity contribution in [2.45, 2.75) is 30.0 Å². The summed E-state index contributed by atoms with van der Waals surface area (Å²) in [5.74, 6) is -0.733. The number of halogens is 1. The van der Waals surface area contributed by atoms with Gasteiger partial charge in [-0.3, -0.25) is 19.4 Å². The van der Waals surface area contributed by atoms with Crippen LogP contribution in [-0.2, 0) is 19.6 Å². The highest BCUT2D eigenvalue weighted by Gasteiger charge is 2.44. The van der Waals surface area contributed by atoms with Crippen molar-refractivity contribution < 1.29 is 22.8 Å². The van der Waals surface area contributed by atoms with E-state index in [9.17, 15) is 22.8 Å². The minimum absolute atomic E-state index is 0.0602. The molecule has 0 radical (unpaired) electrons. The quantitative estimate of drug-likeness (QED) is 0.305. The molecule has 1 aromatic carbocycles. The number of fused-ring (bicyclic) bond motifs is 1. The number of piperazine rings is 1. The van der Waals surface area contributed by atoms with E-state index in [0.717, 1.165) is 0 Å². The Morgan fingerprint density at radius 1 is 0.911 bits per heavy atom. The van der Waals surface area contributed by atoms with Gasteiger partial charge in [0.1, 0.15) is 5.03 Å². The molecule has 45 heavy (non-hydrogen) atoms. The summed E-state index contributed by atoms with van der Waals surface area (Å²) in [5, 5.41) is 1.01. The molecule has 2 unspecified atom stereocenters. The highest BCUT2D eigenvalue weighted by atomic mass is 35.5. The third-order valence-electron chi connectivity index (χ3n) is 7.68. The van der Waals surface area contributed by atoms with Crippen molar-refractivity contribution in [3.05, 3.63) is 71.8 Å². The number of carbonyl (C=O) groups excluding carboxylic acids is 3. The minimum atomic E-state index is -4.15. The Bertz CT molecular complexity index is 1800. The van der Waals surface area contributed by atoms with E-state index in [4.69, 9.17) is 11.6 Å². The van der Waals surface area contributed by atoms with Gasteiger partial charge in [-0.15, -0.1) is 0 Å². The molecule has 5 rings (SSSR count). The number of carbonyl (C=O) groups is 3. The number of benzene rings is 1. The molecule has 4 heterocycles. The van der Waals surface area contributed by atoms with Gasteiger partial charge in [0.2, 0.25) is 11.8 Å². The lowest BCUT2D eigenvalue weighted by Gasteiger charge is -2.46. The maximum absolute atomic E-state index is 14.1. The Hall–Kier alpha value is -4.40. The number of aromatic nitrogens is 4. The molecule has 1 saturated heterocycles. The Morgan fingerprint density at radius 2 is 1.49 bits per heavy atom. The van der Waals surface area contributed by atoms with Gasteiger partial charge in [-0.05, 0) is 36.4 Å². The summed E-state index contributed by atoms with van der Waals surface area (Å²) >= 11 is 6.12. The van der Waals surface area contributed by atoms with Crippen LogP contribution < -0.4 is 0 Å². The first-order valence-corrected chi connectivity index (χ1v) is 15.9. The summed E-state index contributed by atoms with van der Waals surface area (Å²) in [7, 11) is 2.19. The number of amides is 3. The number of H-pyrrole nitrogens is 1. The van der Waals surface area contributed by atoms with E-state index < -0.39 is 28.0 Å². The summed E-state index contributed by atoms with van der Waals surface area (Å²) in [6, 6.07) is 8.18. The second-order valence-electron chi connectivity index (χ2n) is 11.2. The molecule has 4 aromatic rings. The van der Waals surface area contributed by atoms with Crippen LogP contribution >= 0.6 is 11.6 Å². The molecule has 1 aliphatic heterocycles. The summed E-state index contributed by atoms with van der Waals surface area (Å²) in [4.78, 5) is 60.1. The van der Waals surface area contributed by atoms with Crippen LogP contribution in [0.2, 0.25) is 5.02 Å². The highest BCUT2D eigenvalue weighted by molar-refractivity contribution is 7.89. The van der Waals surface area contributed by atoms with Crippen molar-refractivity contribution in [1.82, 2.24) is 38.9 Å². The average Bonchev–Trinajstić information content (AvgIpc) is 3.45. The number of hydrogen-bond acceptors (Lipinski definition) is 8. The maximum Gasteiger partial charge on any atom is 0.258 e. The minimum Gasteiger partial charge on any atom is -0.349 e. The zero-order valence-electron chi connectivity index (χ0n) is 25.2. The van der Waals surface area contributed by atoms with Gasteiger partial charge in [-0.1, -0.05) is 11.6 Å². The Balaban J connectivity index is 1.53. The number of hydrogen-bond donors (Lipinski definition) is 1. The molecule has 2 atom stereocenters. The van der Waals surface area contributed by atoms with Crippen molar-refractivity contribution in [2.75, 3.05) is 41.3 Å². The first kappa shape index (κ1) is 32.0. The van der Waals surface area contributed by atoms with Crippen LogP contribution in [0.5, 0.6) is 0 Å². The maximum atomic E-state index is 14.1. The van der Waals surface area contributed by atoms with Crippen molar-refractivity contribution in [1.29, 1.82) is 0 Å². The number of rotatable bonds is 8. The van der Waals surface area contributed by atoms with Crippen LogP contribution in [0.1, 0.15) is 23.2 Å². The number of pyridine rings is 1. The zero-order chi connectivity index (χ0) is 32.5. The van der Waals surface area contributed by atoms with Crippen LogP contribution in [0.3, 0.4) is 0 Å². The van der Waals surface area contributed by atoms with Crippen molar-refractivity contribution in [3.63, 3.8) is 0 Å². The molecule has 13 nitrogen and oxygen atoms in total. The summed E-state index contributed by atoms with van der Waals surface area (Å²) in [5.41, 5.74) is 1.44. The van der Waals surface area contributed by atoms with E-state index in [-0.39, 0.29) is 48.3 Å². The second-order valence-corrected chi connectivity index (χ2v) is 13.6. The topological polar surface area (TPSA) is 153 Å². The predicted molar refractivity (Wildman–Crippen MR) is 168 cm³/mol. The van der Waals surface area contributed by atoms with E-state index >= 15 is 0 Å². The third-order valence-corrected chi connectivity index (χ3v) is 9.67. The normalized spacial score (nSPS) is 17.3. The standard InChI is InChI=1S/C30H33ClN8O5S/c1-36(2)27(40)13-23-17-38(45(43,44)26-12-20-11-22(31)5-6-25(20)35-26)18-24(14-28(41)37(3)4)39(23)30(42)21-15-33-29(34-16-21)19-7-9-32-10-8-19/h5-12,15-16,23-24,35H,13-14,17-18H2,1-4H3. The molecule has 0 saturated carbocycles. The lowest BCUT2D eigenvalue weighted by molar-refractivity contribution is -0.131. The molecule has 236 valence electrons. The van der Waals surface area contributed by atoms with Gasteiger partial charge in [0.05, 0.1) is 17.6 Å². The van der Waals surface area contributed by atoms with Gasteiger partial charge in [-0.25, -0.2) is 18.4 Å². The van der Waals surface area contributed by atoms with Gasteiger partial charge < -0.3 is 19.7 Å². The van der Waals surface area contributed by atoms with E-state index in [1.165, 1.54) is 37.5 Å². The first-order chi connectivity index (χ1) is 21.3. The number of nitrogens with zero attached hydrogens (tertiary/aromatic N) is 7. The van der Waals surface area contributed by atoms with Gasteiger partial charge in [-0.2, -0.15) is 4.31 Å². The molecule has 0 spiro atoms. The second kappa shape index (κ2) is 12.9. The monoisotopic (exact) mass is 652 g/mol. The summed E-state index contributed by atoms with van der Waals surface area (Å²) in [6.07, 6.45) is 5.65. The molecule has 0 aliphatic carbocycles. The third kappa shape index (κ3) is 6.82. The molecule has 3 amide bonds. The lowest BCUT2D eigenvalue weighted by Crippen LogP contribution is -2.63. The predicted octanol–water partition coefficient (Wildman–Crippen LogP) is 2.51. The molecule has 15 heteroatoms. The molecular formula is C30H33ClN8O5S. The van der Waals surface area contributed by atoms with E-state index in [2.05, 4.69) is 19.9 Å². The number of nitrogens with one attached hydrogen (secondary N) is 1. The highest BCUT2D eigenvalue weighted by Crippen LogP contribution is 2.30. The zero-order valence-corrected chi connectivity index (χ0v) is 26.8.